The zero-order valence-electron chi connectivity index (χ0n) is 14.7. The van der Waals surface area contributed by atoms with Gasteiger partial charge in [0.25, 0.3) is 5.91 Å². The third kappa shape index (κ3) is 4.64. The van der Waals surface area contributed by atoms with Gasteiger partial charge in [0.05, 0.1) is 0 Å². The summed E-state index contributed by atoms with van der Waals surface area (Å²) in [7, 11) is 0. The maximum Gasteiger partial charge on any atom is 0.255 e. The summed E-state index contributed by atoms with van der Waals surface area (Å²) in [6.07, 6.45) is 0. The molecule has 0 radical (unpaired) electrons. The molecule has 0 saturated carbocycles. The Kier molecular flexibility index (Phi) is 5.59. The first-order valence-corrected chi connectivity index (χ1v) is 8.84. The second kappa shape index (κ2) is 8.07. The summed E-state index contributed by atoms with van der Waals surface area (Å²) in [5.74, 6) is 1.68. The first kappa shape index (κ1) is 18.0. The van der Waals surface area contributed by atoms with Crippen LogP contribution in [0.1, 0.15) is 35.7 Å². The molecule has 0 unspecified atom stereocenters. The maximum absolute atomic E-state index is 12.3. The Morgan fingerprint density at radius 1 is 0.923 bits per heavy atom. The Balaban J connectivity index is 1.70. The number of carbonyl (C=O) groups is 1. The normalized spacial score (nSPS) is 10.6. The Morgan fingerprint density at radius 2 is 1.65 bits per heavy atom. The number of carbonyl (C=O) groups excluding carboxylic acids is 1. The molecular weight excluding hydrogens is 346 g/mol. The summed E-state index contributed by atoms with van der Waals surface area (Å²) in [5, 5.41) is 3.39. The standard InChI is InChI=1S/C22H20ClNO2/c1-15(2)16-9-11-20(12-10-16)26-21-8-4-7-19(14-21)24-22(25)17-5-3-6-18(23)13-17/h3-15H,1-2H3,(H,24,25). The number of hydrogen-bond acceptors (Lipinski definition) is 2. The van der Waals surface area contributed by atoms with Crippen LogP contribution in [0, 0.1) is 0 Å². The number of amides is 1. The van der Waals surface area contributed by atoms with E-state index in [9.17, 15) is 4.79 Å². The summed E-state index contributed by atoms with van der Waals surface area (Å²) in [6.45, 7) is 4.31. The van der Waals surface area contributed by atoms with Gasteiger partial charge in [-0.25, -0.2) is 0 Å². The summed E-state index contributed by atoms with van der Waals surface area (Å²) in [6, 6.07) is 22.2. The average Bonchev–Trinajstić information content (AvgIpc) is 2.62. The first-order chi connectivity index (χ1) is 12.5. The van der Waals surface area contributed by atoms with Crippen molar-refractivity contribution in [1.29, 1.82) is 0 Å². The molecule has 0 aliphatic rings. The number of halogens is 1. The number of hydrogen-bond donors (Lipinski definition) is 1. The van der Waals surface area contributed by atoms with Gasteiger partial charge in [-0.15, -0.1) is 0 Å². The summed E-state index contributed by atoms with van der Waals surface area (Å²) < 4.78 is 5.89. The van der Waals surface area contributed by atoms with Crippen LogP contribution < -0.4 is 10.1 Å². The zero-order valence-corrected chi connectivity index (χ0v) is 15.5. The Labute approximate surface area is 158 Å². The fourth-order valence-corrected chi connectivity index (χ4v) is 2.72. The van der Waals surface area contributed by atoms with Gasteiger partial charge in [0.2, 0.25) is 0 Å². The van der Waals surface area contributed by atoms with E-state index in [1.165, 1.54) is 5.56 Å². The monoisotopic (exact) mass is 365 g/mol. The van der Waals surface area contributed by atoms with Gasteiger partial charge in [0.1, 0.15) is 11.5 Å². The van der Waals surface area contributed by atoms with Crippen LogP contribution in [0.3, 0.4) is 0 Å². The van der Waals surface area contributed by atoms with Gasteiger partial charge in [-0.1, -0.05) is 49.7 Å². The van der Waals surface area contributed by atoms with E-state index in [4.69, 9.17) is 16.3 Å². The molecule has 0 saturated heterocycles. The molecule has 0 heterocycles. The van der Waals surface area contributed by atoms with Crippen molar-refractivity contribution in [3.05, 3.63) is 88.9 Å². The van der Waals surface area contributed by atoms with E-state index in [2.05, 4.69) is 31.3 Å². The molecule has 1 amide bonds. The van der Waals surface area contributed by atoms with Crippen molar-refractivity contribution in [2.24, 2.45) is 0 Å². The highest BCUT2D eigenvalue weighted by Gasteiger charge is 2.08. The van der Waals surface area contributed by atoms with E-state index in [-0.39, 0.29) is 5.91 Å². The largest absolute Gasteiger partial charge is 0.457 e. The molecule has 3 aromatic carbocycles. The lowest BCUT2D eigenvalue weighted by molar-refractivity contribution is 0.102. The van der Waals surface area contributed by atoms with Crippen molar-refractivity contribution in [2.45, 2.75) is 19.8 Å². The molecular formula is C22H20ClNO2. The van der Waals surface area contributed by atoms with E-state index >= 15 is 0 Å². The fourth-order valence-electron chi connectivity index (χ4n) is 2.53. The number of rotatable bonds is 5. The molecule has 4 heteroatoms. The lowest BCUT2D eigenvalue weighted by Crippen LogP contribution is -2.11. The lowest BCUT2D eigenvalue weighted by Gasteiger charge is -2.10. The van der Waals surface area contributed by atoms with E-state index in [1.54, 1.807) is 30.3 Å². The minimum atomic E-state index is -0.217. The molecule has 0 atom stereocenters. The lowest BCUT2D eigenvalue weighted by atomic mass is 10.0. The van der Waals surface area contributed by atoms with Crippen LogP contribution >= 0.6 is 11.6 Å². The number of anilines is 1. The van der Waals surface area contributed by atoms with E-state index in [0.29, 0.717) is 27.9 Å². The molecule has 3 rings (SSSR count). The van der Waals surface area contributed by atoms with Crippen molar-refractivity contribution >= 4 is 23.2 Å². The van der Waals surface area contributed by atoms with E-state index in [1.807, 2.05) is 30.3 Å². The molecule has 3 aromatic rings. The van der Waals surface area contributed by atoms with Crippen molar-refractivity contribution < 1.29 is 9.53 Å². The Hall–Kier alpha value is -2.78. The van der Waals surface area contributed by atoms with Crippen molar-refractivity contribution in [1.82, 2.24) is 0 Å². The summed E-state index contributed by atoms with van der Waals surface area (Å²) in [5.41, 5.74) is 2.43. The minimum Gasteiger partial charge on any atom is -0.457 e. The van der Waals surface area contributed by atoms with Crippen LogP contribution in [0.5, 0.6) is 11.5 Å². The molecule has 0 aromatic heterocycles. The minimum absolute atomic E-state index is 0.217. The Bertz CT molecular complexity index is 904. The second-order valence-electron chi connectivity index (χ2n) is 6.32. The first-order valence-electron chi connectivity index (χ1n) is 8.46. The smallest absolute Gasteiger partial charge is 0.255 e. The fraction of sp³-hybridized carbons (Fsp3) is 0.136. The van der Waals surface area contributed by atoms with Crippen LogP contribution in [-0.2, 0) is 0 Å². The number of nitrogens with one attached hydrogen (secondary N) is 1. The quantitative estimate of drug-likeness (QED) is 0.559. The van der Waals surface area contributed by atoms with Crippen LogP contribution in [0.4, 0.5) is 5.69 Å². The van der Waals surface area contributed by atoms with Crippen molar-refractivity contribution in [2.75, 3.05) is 5.32 Å². The summed E-state index contributed by atoms with van der Waals surface area (Å²) in [4.78, 5) is 12.3. The molecule has 132 valence electrons. The molecule has 3 nitrogen and oxygen atoms in total. The molecule has 0 fully saturated rings. The van der Waals surface area contributed by atoms with Crippen molar-refractivity contribution in [3.8, 4) is 11.5 Å². The highest BCUT2D eigenvalue weighted by atomic mass is 35.5. The third-order valence-corrected chi connectivity index (χ3v) is 4.20. The van der Waals surface area contributed by atoms with Gasteiger partial charge >= 0.3 is 0 Å². The molecule has 0 spiro atoms. The van der Waals surface area contributed by atoms with Gasteiger partial charge in [-0.2, -0.15) is 0 Å². The topological polar surface area (TPSA) is 38.3 Å². The van der Waals surface area contributed by atoms with Gasteiger partial charge in [-0.3, -0.25) is 4.79 Å². The molecule has 0 aliphatic carbocycles. The predicted molar refractivity (Wildman–Crippen MR) is 106 cm³/mol. The van der Waals surface area contributed by atoms with E-state index in [0.717, 1.165) is 5.75 Å². The van der Waals surface area contributed by atoms with E-state index < -0.39 is 0 Å². The van der Waals surface area contributed by atoms with Gasteiger partial charge < -0.3 is 10.1 Å². The molecule has 26 heavy (non-hydrogen) atoms. The average molecular weight is 366 g/mol. The van der Waals surface area contributed by atoms with Crippen LogP contribution in [0.25, 0.3) is 0 Å². The highest BCUT2D eigenvalue weighted by Crippen LogP contribution is 2.26. The molecule has 0 bridgehead atoms. The third-order valence-electron chi connectivity index (χ3n) is 3.96. The molecule has 1 N–H and O–H groups in total. The maximum atomic E-state index is 12.3. The number of ether oxygens (including phenoxy) is 1. The van der Waals surface area contributed by atoms with Crippen LogP contribution in [0.2, 0.25) is 5.02 Å². The summed E-state index contributed by atoms with van der Waals surface area (Å²) >= 11 is 5.94. The number of benzene rings is 3. The molecule has 0 aliphatic heterocycles. The van der Waals surface area contributed by atoms with Gasteiger partial charge in [0.15, 0.2) is 0 Å². The Morgan fingerprint density at radius 3 is 2.35 bits per heavy atom. The van der Waals surface area contributed by atoms with Gasteiger partial charge in [0, 0.05) is 22.3 Å². The second-order valence-corrected chi connectivity index (χ2v) is 6.75. The van der Waals surface area contributed by atoms with Crippen molar-refractivity contribution in [3.63, 3.8) is 0 Å². The zero-order chi connectivity index (χ0) is 18.5. The highest BCUT2D eigenvalue weighted by molar-refractivity contribution is 6.31. The van der Waals surface area contributed by atoms with Crippen LogP contribution in [-0.4, -0.2) is 5.91 Å². The van der Waals surface area contributed by atoms with Crippen LogP contribution in [0.15, 0.2) is 72.8 Å². The SMILES string of the molecule is CC(C)c1ccc(Oc2cccc(NC(=O)c3cccc(Cl)c3)c2)cc1. The predicted octanol–water partition coefficient (Wildman–Crippen LogP) is 6.51. The van der Waals surface area contributed by atoms with Gasteiger partial charge in [-0.05, 0) is 53.9 Å².